The monoisotopic (exact) mass is 543 g/mol. The summed E-state index contributed by atoms with van der Waals surface area (Å²) in [6, 6.07) is 6.81. The zero-order chi connectivity index (χ0) is 27.2. The largest absolute Gasteiger partial charge is 0.461 e. The van der Waals surface area contributed by atoms with Gasteiger partial charge < -0.3 is 4.74 Å². The Morgan fingerprint density at radius 3 is 2.66 bits per heavy atom. The number of hydrogen-bond donors (Lipinski definition) is 0. The molecule has 3 aromatic heterocycles. The molecule has 0 N–H and O–H groups in total. The van der Waals surface area contributed by atoms with E-state index in [1.54, 1.807) is 26.2 Å². The zero-order valence-corrected chi connectivity index (χ0v) is 21.1. The van der Waals surface area contributed by atoms with Crippen LogP contribution in [0.3, 0.4) is 0 Å². The smallest absolute Gasteiger partial charge is 0.419 e. The van der Waals surface area contributed by atoms with Crippen molar-refractivity contribution in [3.63, 3.8) is 0 Å². The number of aromatic nitrogens is 3. The summed E-state index contributed by atoms with van der Waals surface area (Å²) in [6.45, 7) is 3.52. The van der Waals surface area contributed by atoms with Crippen molar-refractivity contribution in [2.24, 2.45) is 0 Å². The number of Topliss-reactive ketones (excluding diaryl/α,β-unsaturated/α-hetero) is 1. The lowest BCUT2D eigenvalue weighted by Crippen LogP contribution is -2.28. The van der Waals surface area contributed by atoms with Crippen molar-refractivity contribution >= 4 is 33.2 Å². The van der Waals surface area contributed by atoms with Gasteiger partial charge in [-0.3, -0.25) is 14.5 Å². The van der Waals surface area contributed by atoms with Crippen LogP contribution in [0.5, 0.6) is 0 Å². The third kappa shape index (κ3) is 4.73. The quantitative estimate of drug-likeness (QED) is 0.217. The Bertz CT molecular complexity index is 1570. The molecule has 0 spiro atoms. The molecule has 0 bridgehead atoms. The van der Waals surface area contributed by atoms with E-state index in [1.807, 2.05) is 12.1 Å². The molecular weight excluding hydrogens is 522 g/mol. The fraction of sp³-hybridized carbons (Fsp3) is 0.259. The first-order valence-corrected chi connectivity index (χ1v) is 12.6. The van der Waals surface area contributed by atoms with Crippen molar-refractivity contribution < 1.29 is 31.9 Å². The zero-order valence-electron chi connectivity index (χ0n) is 20.3. The second-order valence-electron chi connectivity index (χ2n) is 8.92. The number of pyridine rings is 1. The van der Waals surface area contributed by atoms with Crippen molar-refractivity contribution in [2.75, 3.05) is 6.61 Å². The summed E-state index contributed by atoms with van der Waals surface area (Å²) < 4.78 is 61.8. The Balaban J connectivity index is 1.59. The Hall–Kier alpha value is -3.86. The molecule has 4 aromatic rings. The summed E-state index contributed by atoms with van der Waals surface area (Å²) in [5, 5.41) is 5.28. The SMILES string of the molecule is CCOC(=O)c1cc2n(n1)C(c1ccc(C(F)(F)F)c(F)c1)C(C(=O)Cc1cc3ccncc3s1)=C(C)C2. The summed E-state index contributed by atoms with van der Waals surface area (Å²) in [5.74, 6) is -2.40. The summed E-state index contributed by atoms with van der Waals surface area (Å²) in [6.07, 6.45) is -1.19. The van der Waals surface area contributed by atoms with Crippen LogP contribution in [0.2, 0.25) is 0 Å². The number of ether oxygens (including phenoxy) is 1. The third-order valence-corrected chi connectivity index (χ3v) is 7.43. The van der Waals surface area contributed by atoms with Crippen molar-refractivity contribution in [1.29, 1.82) is 0 Å². The Labute approximate surface area is 218 Å². The highest BCUT2D eigenvalue weighted by Gasteiger charge is 2.37. The number of thiophene rings is 1. The second kappa shape index (κ2) is 9.79. The molecule has 1 aromatic carbocycles. The molecule has 38 heavy (non-hydrogen) atoms. The fourth-order valence-corrected chi connectivity index (χ4v) is 5.76. The van der Waals surface area contributed by atoms with E-state index in [1.165, 1.54) is 22.1 Å². The Kier molecular flexibility index (Phi) is 6.64. The van der Waals surface area contributed by atoms with E-state index >= 15 is 0 Å². The molecule has 4 heterocycles. The molecule has 0 saturated carbocycles. The average molecular weight is 544 g/mol. The molecule has 5 rings (SSSR count). The standard InChI is InChI=1S/C27H21F4N3O3S/c1-3-37-26(36)21-11-17-8-14(2)24(22(35)12-18-9-15-6-7-32-13-23(15)38-18)25(34(17)33-21)16-4-5-19(20(28)10-16)27(29,30)31/h4-7,9-11,13,25H,3,8,12H2,1-2H3. The van der Waals surface area contributed by atoms with E-state index in [4.69, 9.17) is 4.74 Å². The molecule has 1 unspecified atom stereocenters. The van der Waals surface area contributed by atoms with Gasteiger partial charge in [0.25, 0.3) is 0 Å². The molecule has 11 heteroatoms. The maximum atomic E-state index is 14.7. The molecule has 6 nitrogen and oxygen atoms in total. The first-order valence-electron chi connectivity index (χ1n) is 11.7. The maximum Gasteiger partial charge on any atom is 0.419 e. The highest BCUT2D eigenvalue weighted by molar-refractivity contribution is 7.19. The van der Waals surface area contributed by atoms with Crippen LogP contribution >= 0.6 is 11.3 Å². The van der Waals surface area contributed by atoms with Gasteiger partial charge in [0, 0.05) is 41.4 Å². The lowest BCUT2D eigenvalue weighted by atomic mass is 9.85. The van der Waals surface area contributed by atoms with Gasteiger partial charge in [-0.15, -0.1) is 11.3 Å². The third-order valence-electron chi connectivity index (χ3n) is 6.35. The van der Waals surface area contributed by atoms with Gasteiger partial charge in [-0.1, -0.05) is 11.6 Å². The van der Waals surface area contributed by atoms with Gasteiger partial charge in [0.2, 0.25) is 0 Å². The van der Waals surface area contributed by atoms with Crippen LogP contribution in [0, 0.1) is 5.82 Å². The Morgan fingerprint density at radius 1 is 1.18 bits per heavy atom. The minimum absolute atomic E-state index is 0.00209. The number of halogens is 4. The van der Waals surface area contributed by atoms with Crippen LogP contribution < -0.4 is 0 Å². The van der Waals surface area contributed by atoms with Gasteiger partial charge >= 0.3 is 12.1 Å². The van der Waals surface area contributed by atoms with Crippen LogP contribution in [-0.4, -0.2) is 33.1 Å². The summed E-state index contributed by atoms with van der Waals surface area (Å²) in [4.78, 5) is 31.0. The molecule has 1 aliphatic heterocycles. The number of alkyl halides is 3. The van der Waals surface area contributed by atoms with E-state index in [2.05, 4.69) is 10.1 Å². The van der Waals surface area contributed by atoms with Crippen molar-refractivity contribution in [3.05, 3.63) is 93.1 Å². The lowest BCUT2D eigenvalue weighted by Gasteiger charge is -2.29. The van der Waals surface area contributed by atoms with Crippen LogP contribution in [0.1, 0.15) is 52.1 Å². The van der Waals surface area contributed by atoms with E-state index in [0.29, 0.717) is 22.9 Å². The molecule has 0 saturated heterocycles. The second-order valence-corrected chi connectivity index (χ2v) is 10.1. The summed E-state index contributed by atoms with van der Waals surface area (Å²) in [7, 11) is 0. The number of ketones is 1. The first-order chi connectivity index (χ1) is 18.1. The van der Waals surface area contributed by atoms with Gasteiger partial charge in [0.1, 0.15) is 11.9 Å². The van der Waals surface area contributed by atoms with Crippen molar-refractivity contribution in [1.82, 2.24) is 14.8 Å². The number of fused-ring (bicyclic) bond motifs is 2. The lowest BCUT2D eigenvalue weighted by molar-refractivity contribution is -0.140. The molecule has 0 radical (unpaired) electrons. The van der Waals surface area contributed by atoms with Crippen LogP contribution in [0.25, 0.3) is 10.1 Å². The normalized spacial score (nSPS) is 15.6. The first kappa shape index (κ1) is 25.8. The van der Waals surface area contributed by atoms with Gasteiger partial charge in [0.15, 0.2) is 11.5 Å². The van der Waals surface area contributed by atoms with Crippen molar-refractivity contribution in [2.45, 2.75) is 38.9 Å². The van der Waals surface area contributed by atoms with Crippen LogP contribution in [0.4, 0.5) is 17.6 Å². The number of hydrogen-bond acceptors (Lipinski definition) is 6. The molecule has 196 valence electrons. The summed E-state index contributed by atoms with van der Waals surface area (Å²) in [5.41, 5.74) is 0.213. The van der Waals surface area contributed by atoms with Gasteiger partial charge in [-0.2, -0.15) is 18.3 Å². The number of esters is 1. The number of nitrogens with zero attached hydrogens (tertiary/aromatic N) is 3. The molecule has 1 atom stereocenters. The average Bonchev–Trinajstić information content (AvgIpc) is 3.45. The van der Waals surface area contributed by atoms with Crippen LogP contribution in [0.15, 0.2) is 59.9 Å². The number of benzene rings is 1. The molecule has 1 aliphatic rings. The number of rotatable bonds is 6. The van der Waals surface area contributed by atoms with Gasteiger partial charge in [-0.05, 0) is 55.1 Å². The molecule has 0 aliphatic carbocycles. The molecule has 0 fully saturated rings. The van der Waals surface area contributed by atoms with Crippen molar-refractivity contribution in [3.8, 4) is 0 Å². The highest BCUT2D eigenvalue weighted by atomic mass is 32.1. The van der Waals surface area contributed by atoms with E-state index < -0.39 is 29.6 Å². The van der Waals surface area contributed by atoms with E-state index in [9.17, 15) is 27.2 Å². The predicted octanol–water partition coefficient (Wildman–Crippen LogP) is 6.10. The van der Waals surface area contributed by atoms with Gasteiger partial charge in [-0.25, -0.2) is 9.18 Å². The Morgan fingerprint density at radius 2 is 1.97 bits per heavy atom. The molecular formula is C27H21F4N3O3S. The highest BCUT2D eigenvalue weighted by Crippen LogP contribution is 2.39. The molecule has 0 amide bonds. The van der Waals surface area contributed by atoms with E-state index in [-0.39, 0.29) is 36.5 Å². The maximum absolute atomic E-state index is 14.7. The number of allylic oxidation sites excluding steroid dienone is 2. The van der Waals surface area contributed by atoms with E-state index in [0.717, 1.165) is 27.1 Å². The topological polar surface area (TPSA) is 74.1 Å². The van der Waals surface area contributed by atoms with Gasteiger partial charge in [0.05, 0.1) is 16.9 Å². The summed E-state index contributed by atoms with van der Waals surface area (Å²) >= 11 is 1.42. The number of carbonyl (C=O) groups is 2. The number of carbonyl (C=O) groups excluding carboxylic acids is 2. The minimum atomic E-state index is -4.87. The predicted molar refractivity (Wildman–Crippen MR) is 132 cm³/mol. The minimum Gasteiger partial charge on any atom is -0.461 e. The fourth-order valence-electron chi connectivity index (χ4n) is 4.73. The van der Waals surface area contributed by atoms with Crippen LogP contribution in [-0.2, 0) is 28.5 Å².